The maximum atomic E-state index is 11.5. The Bertz CT molecular complexity index is 422. The third-order valence-electron chi connectivity index (χ3n) is 2.98. The molecule has 0 atom stereocenters. The second kappa shape index (κ2) is 2.29. The van der Waals surface area contributed by atoms with E-state index < -0.39 is 0 Å². The lowest BCUT2D eigenvalue weighted by Gasteiger charge is -2.32. The van der Waals surface area contributed by atoms with E-state index in [1.54, 1.807) is 11.3 Å². The van der Waals surface area contributed by atoms with Crippen molar-refractivity contribution >= 4 is 22.4 Å². The van der Waals surface area contributed by atoms with Gasteiger partial charge in [0.1, 0.15) is 5.00 Å². The maximum absolute atomic E-state index is 11.5. The lowest BCUT2D eigenvalue weighted by atomic mass is 10.1. The Balaban J connectivity index is 2.18. The number of hydrogen-bond acceptors (Lipinski definition) is 3. The minimum atomic E-state index is -0.183. The van der Waals surface area contributed by atoms with Crippen LogP contribution in [0.2, 0.25) is 0 Å². The lowest BCUT2D eigenvalue weighted by molar-refractivity contribution is 0.177. The van der Waals surface area contributed by atoms with E-state index in [1.807, 2.05) is 6.92 Å². The highest BCUT2D eigenvalue weighted by atomic mass is 32.1. The number of hydrogen-bond donors (Lipinski definition) is 2. The zero-order chi connectivity index (χ0) is 9.92. The van der Waals surface area contributed by atoms with Gasteiger partial charge in [0.2, 0.25) is 0 Å². The molecule has 3 rings (SSSR count). The van der Waals surface area contributed by atoms with E-state index in [1.165, 1.54) is 15.4 Å². The summed E-state index contributed by atoms with van der Waals surface area (Å²) in [5.41, 5.74) is 1.02. The van der Waals surface area contributed by atoms with Crippen LogP contribution in [0.15, 0.2) is 6.07 Å². The standard InChI is InChI=1S/C9H11N3OS/c1-5-4-6-7(14-5)11-8(13)12(10)9(6)2-3-9/h4H,2-3,10H2,1H3,(H,11,13). The van der Waals surface area contributed by atoms with E-state index >= 15 is 0 Å². The summed E-state index contributed by atoms with van der Waals surface area (Å²) < 4.78 is 0. The van der Waals surface area contributed by atoms with Gasteiger partial charge in [-0.25, -0.2) is 10.6 Å². The van der Waals surface area contributed by atoms with Crippen LogP contribution in [-0.4, -0.2) is 11.0 Å². The molecule has 1 saturated carbocycles. The smallest absolute Gasteiger partial charge is 0.298 e. The number of amides is 2. The first-order chi connectivity index (χ1) is 6.63. The summed E-state index contributed by atoms with van der Waals surface area (Å²) in [7, 11) is 0. The van der Waals surface area contributed by atoms with Crippen molar-refractivity contribution in [3.05, 3.63) is 16.5 Å². The molecule has 0 radical (unpaired) electrons. The van der Waals surface area contributed by atoms with Gasteiger partial charge < -0.3 is 0 Å². The van der Waals surface area contributed by atoms with E-state index in [0.717, 1.165) is 17.8 Å². The molecule has 0 saturated heterocycles. The normalized spacial score (nSPS) is 22.1. The van der Waals surface area contributed by atoms with Gasteiger partial charge in [-0.2, -0.15) is 0 Å². The molecule has 1 aliphatic heterocycles. The summed E-state index contributed by atoms with van der Waals surface area (Å²) in [6, 6.07) is 1.95. The van der Waals surface area contributed by atoms with Crippen molar-refractivity contribution in [1.29, 1.82) is 0 Å². The first kappa shape index (κ1) is 8.26. The molecule has 2 heterocycles. The molecule has 0 unspecified atom stereocenters. The highest BCUT2D eigenvalue weighted by Crippen LogP contribution is 2.56. The summed E-state index contributed by atoms with van der Waals surface area (Å²) >= 11 is 1.62. The summed E-state index contributed by atoms with van der Waals surface area (Å²) in [5.74, 6) is 5.77. The number of aryl methyl sites for hydroxylation is 1. The molecule has 3 N–H and O–H groups in total. The quantitative estimate of drug-likeness (QED) is 0.505. The Morgan fingerprint density at radius 2 is 2.36 bits per heavy atom. The Morgan fingerprint density at radius 3 is 3.00 bits per heavy atom. The van der Waals surface area contributed by atoms with Gasteiger partial charge in [0.05, 0.1) is 5.54 Å². The molecule has 0 aromatic carbocycles. The van der Waals surface area contributed by atoms with Crippen molar-refractivity contribution in [3.63, 3.8) is 0 Å². The van der Waals surface area contributed by atoms with Crippen molar-refractivity contribution in [2.24, 2.45) is 5.84 Å². The van der Waals surface area contributed by atoms with Gasteiger partial charge in [-0.1, -0.05) is 0 Å². The van der Waals surface area contributed by atoms with E-state index in [0.29, 0.717) is 0 Å². The maximum Gasteiger partial charge on any atom is 0.337 e. The first-order valence-corrected chi connectivity index (χ1v) is 5.42. The molecule has 0 bridgehead atoms. The molecular formula is C9H11N3OS. The third-order valence-corrected chi connectivity index (χ3v) is 3.95. The van der Waals surface area contributed by atoms with Crippen LogP contribution in [0.25, 0.3) is 0 Å². The van der Waals surface area contributed by atoms with E-state index in [-0.39, 0.29) is 11.6 Å². The van der Waals surface area contributed by atoms with Gasteiger partial charge in [-0.3, -0.25) is 10.3 Å². The fraction of sp³-hybridized carbons (Fsp3) is 0.444. The number of anilines is 1. The van der Waals surface area contributed by atoms with Gasteiger partial charge in [-0.05, 0) is 25.8 Å². The number of carbonyl (C=O) groups excluding carboxylic acids is 1. The Labute approximate surface area is 85.7 Å². The van der Waals surface area contributed by atoms with Gasteiger partial charge in [-0.15, -0.1) is 11.3 Å². The van der Waals surface area contributed by atoms with Crippen LogP contribution in [0.1, 0.15) is 23.3 Å². The minimum Gasteiger partial charge on any atom is -0.298 e. The number of hydrazine groups is 1. The van der Waals surface area contributed by atoms with Crippen LogP contribution in [0.3, 0.4) is 0 Å². The van der Waals surface area contributed by atoms with Gasteiger partial charge >= 0.3 is 6.03 Å². The van der Waals surface area contributed by atoms with Crippen LogP contribution in [-0.2, 0) is 5.54 Å². The van der Waals surface area contributed by atoms with E-state index in [2.05, 4.69) is 11.4 Å². The Morgan fingerprint density at radius 1 is 1.64 bits per heavy atom. The van der Waals surface area contributed by atoms with Crippen molar-refractivity contribution in [3.8, 4) is 0 Å². The number of nitrogens with zero attached hydrogens (tertiary/aromatic N) is 1. The Kier molecular flexibility index (Phi) is 1.35. The van der Waals surface area contributed by atoms with Crippen molar-refractivity contribution in [1.82, 2.24) is 5.01 Å². The number of nitrogens with one attached hydrogen (secondary N) is 1. The molecular weight excluding hydrogens is 198 g/mol. The second-order valence-corrected chi connectivity index (χ2v) is 5.19. The van der Waals surface area contributed by atoms with E-state index in [4.69, 9.17) is 5.84 Å². The average Bonchev–Trinajstić information content (AvgIpc) is 2.84. The monoisotopic (exact) mass is 209 g/mol. The van der Waals surface area contributed by atoms with Crippen molar-refractivity contribution in [2.45, 2.75) is 25.3 Å². The molecule has 1 fully saturated rings. The highest BCUT2D eigenvalue weighted by molar-refractivity contribution is 7.16. The van der Waals surface area contributed by atoms with Gasteiger partial charge in [0.15, 0.2) is 0 Å². The molecule has 14 heavy (non-hydrogen) atoms. The average molecular weight is 209 g/mol. The fourth-order valence-electron chi connectivity index (χ4n) is 2.06. The predicted molar refractivity (Wildman–Crippen MR) is 55.0 cm³/mol. The molecule has 1 aliphatic carbocycles. The van der Waals surface area contributed by atoms with E-state index in [9.17, 15) is 4.79 Å². The van der Waals surface area contributed by atoms with Crippen molar-refractivity contribution < 1.29 is 4.79 Å². The molecule has 1 aromatic rings. The van der Waals surface area contributed by atoms with Crippen LogP contribution >= 0.6 is 11.3 Å². The number of thiophene rings is 1. The number of urea groups is 1. The topological polar surface area (TPSA) is 58.4 Å². The number of fused-ring (bicyclic) bond motifs is 2. The predicted octanol–water partition coefficient (Wildman–Crippen LogP) is 1.77. The molecule has 4 nitrogen and oxygen atoms in total. The summed E-state index contributed by atoms with van der Waals surface area (Å²) in [5, 5.41) is 5.13. The molecule has 5 heteroatoms. The molecule has 74 valence electrons. The third kappa shape index (κ3) is 0.835. The van der Waals surface area contributed by atoms with Gasteiger partial charge in [0.25, 0.3) is 0 Å². The Hall–Kier alpha value is -1.07. The summed E-state index contributed by atoms with van der Waals surface area (Å²) in [6.45, 7) is 2.05. The summed E-state index contributed by atoms with van der Waals surface area (Å²) in [4.78, 5) is 12.7. The highest BCUT2D eigenvalue weighted by Gasteiger charge is 2.55. The SMILES string of the molecule is Cc1cc2c(s1)NC(=O)N(N)C21CC1. The van der Waals surface area contributed by atoms with Crippen LogP contribution in [0.4, 0.5) is 9.80 Å². The summed E-state index contributed by atoms with van der Waals surface area (Å²) in [6.07, 6.45) is 1.97. The van der Waals surface area contributed by atoms with Gasteiger partial charge in [0, 0.05) is 10.4 Å². The largest absolute Gasteiger partial charge is 0.337 e. The molecule has 2 aliphatic rings. The second-order valence-electron chi connectivity index (χ2n) is 3.93. The number of rotatable bonds is 0. The lowest BCUT2D eigenvalue weighted by Crippen LogP contribution is -2.51. The minimum absolute atomic E-state index is 0.178. The zero-order valence-electron chi connectivity index (χ0n) is 7.83. The molecule has 1 spiro atoms. The van der Waals surface area contributed by atoms with Crippen LogP contribution < -0.4 is 11.2 Å². The number of nitrogens with two attached hydrogens (primary N) is 1. The molecule has 1 aromatic heterocycles. The molecule has 2 amide bonds. The van der Waals surface area contributed by atoms with Crippen LogP contribution in [0, 0.1) is 6.92 Å². The zero-order valence-corrected chi connectivity index (χ0v) is 8.65. The first-order valence-electron chi connectivity index (χ1n) is 4.60. The van der Waals surface area contributed by atoms with Crippen molar-refractivity contribution in [2.75, 3.05) is 5.32 Å². The van der Waals surface area contributed by atoms with Crippen LogP contribution in [0.5, 0.6) is 0 Å². The number of carbonyl (C=O) groups is 1. The fourth-order valence-corrected chi connectivity index (χ4v) is 3.06.